The van der Waals surface area contributed by atoms with Crippen molar-refractivity contribution >= 4 is 6.08 Å². The molecule has 0 unspecified atom stereocenters. The average molecular weight is 347 g/mol. The molecule has 4 heteroatoms. The van der Waals surface area contributed by atoms with Gasteiger partial charge in [0.2, 0.25) is 5.82 Å². The van der Waals surface area contributed by atoms with Crippen LogP contribution in [0.15, 0.2) is 53.1 Å². The molecule has 2 aromatic heterocycles. The molecular formula is C22H25N3O. The van der Waals surface area contributed by atoms with Crippen LogP contribution >= 0.6 is 0 Å². The predicted molar refractivity (Wildman–Crippen MR) is 104 cm³/mol. The summed E-state index contributed by atoms with van der Waals surface area (Å²) in [6, 6.07) is 15.0. The minimum atomic E-state index is 0.587. The summed E-state index contributed by atoms with van der Waals surface area (Å²) < 4.78 is 7.48. The van der Waals surface area contributed by atoms with E-state index in [9.17, 15) is 0 Å². The second kappa shape index (κ2) is 7.32. The summed E-state index contributed by atoms with van der Waals surface area (Å²) in [6.07, 6.45) is 9.16. The van der Waals surface area contributed by atoms with Gasteiger partial charge in [0.25, 0.3) is 5.89 Å². The highest BCUT2D eigenvalue weighted by molar-refractivity contribution is 5.52. The molecule has 0 atom stereocenters. The van der Waals surface area contributed by atoms with Crippen LogP contribution in [0, 0.1) is 12.8 Å². The summed E-state index contributed by atoms with van der Waals surface area (Å²) in [5.74, 6) is 2.54. The fraction of sp³-hybridized carbons (Fsp3) is 0.364. The molecule has 0 saturated heterocycles. The molecule has 134 valence electrons. The lowest BCUT2D eigenvalue weighted by Crippen LogP contribution is -2.11. The van der Waals surface area contributed by atoms with Gasteiger partial charge in [0.15, 0.2) is 0 Å². The fourth-order valence-electron chi connectivity index (χ4n) is 3.83. The molecule has 26 heavy (non-hydrogen) atoms. The molecule has 0 radical (unpaired) electrons. The molecule has 0 N–H and O–H groups in total. The third-order valence-electron chi connectivity index (χ3n) is 5.60. The van der Waals surface area contributed by atoms with Gasteiger partial charge >= 0.3 is 0 Å². The summed E-state index contributed by atoms with van der Waals surface area (Å²) in [5.41, 5.74) is 3.64. The Balaban J connectivity index is 1.37. The summed E-state index contributed by atoms with van der Waals surface area (Å²) in [6.45, 7) is 2.07. The molecule has 1 aliphatic carbocycles. The maximum Gasteiger partial charge on any atom is 0.250 e. The summed E-state index contributed by atoms with van der Waals surface area (Å²) in [5, 5.41) is 4.12. The van der Waals surface area contributed by atoms with Gasteiger partial charge in [-0.1, -0.05) is 41.6 Å². The smallest absolute Gasteiger partial charge is 0.250 e. The zero-order valence-corrected chi connectivity index (χ0v) is 15.4. The van der Waals surface area contributed by atoms with Crippen LogP contribution in [0.25, 0.3) is 17.6 Å². The summed E-state index contributed by atoms with van der Waals surface area (Å²) >= 11 is 0. The number of benzene rings is 1. The molecular weight excluding hydrogens is 322 g/mol. The SMILES string of the molecule is Cc1ccc(-c2noc(C=CC3CCC(c4ccccc4)CC3)n2)n1C. The zero-order valence-electron chi connectivity index (χ0n) is 15.4. The molecule has 1 aliphatic rings. The van der Waals surface area contributed by atoms with E-state index in [0.717, 1.165) is 5.69 Å². The summed E-state index contributed by atoms with van der Waals surface area (Å²) in [7, 11) is 2.02. The maximum atomic E-state index is 5.40. The van der Waals surface area contributed by atoms with Gasteiger partial charge < -0.3 is 9.09 Å². The normalized spacial score (nSPS) is 20.7. The number of rotatable bonds is 4. The van der Waals surface area contributed by atoms with Crippen molar-refractivity contribution < 1.29 is 4.52 Å². The topological polar surface area (TPSA) is 43.9 Å². The minimum absolute atomic E-state index is 0.587. The van der Waals surface area contributed by atoms with Gasteiger partial charge in [-0.2, -0.15) is 4.98 Å². The van der Waals surface area contributed by atoms with Crippen molar-refractivity contribution in [1.29, 1.82) is 0 Å². The molecule has 1 fully saturated rings. The Morgan fingerprint density at radius 2 is 1.81 bits per heavy atom. The first kappa shape index (κ1) is 16.8. The van der Waals surface area contributed by atoms with Crippen LogP contribution < -0.4 is 0 Å². The first-order valence-electron chi connectivity index (χ1n) is 9.40. The van der Waals surface area contributed by atoms with Crippen molar-refractivity contribution in [2.24, 2.45) is 13.0 Å². The number of allylic oxidation sites excluding steroid dienone is 1. The van der Waals surface area contributed by atoms with Crippen molar-refractivity contribution in [1.82, 2.24) is 14.7 Å². The number of hydrogen-bond acceptors (Lipinski definition) is 3. The van der Waals surface area contributed by atoms with Crippen molar-refractivity contribution in [2.45, 2.75) is 38.5 Å². The average Bonchev–Trinajstić information content (AvgIpc) is 3.28. The lowest BCUT2D eigenvalue weighted by atomic mass is 9.78. The van der Waals surface area contributed by atoms with E-state index >= 15 is 0 Å². The largest absolute Gasteiger partial charge is 0.345 e. The maximum absolute atomic E-state index is 5.40. The number of aryl methyl sites for hydroxylation is 1. The molecule has 3 aromatic rings. The standard InChI is InChI=1S/C22H25N3O/c1-16-8-14-20(25(16)2)22-23-21(26-24-22)15-11-17-9-12-19(13-10-17)18-6-4-3-5-7-18/h3-8,11,14-15,17,19H,9-10,12-13H2,1-2H3. The van der Waals surface area contributed by atoms with E-state index in [1.807, 2.05) is 19.2 Å². The second-order valence-corrected chi connectivity index (χ2v) is 7.26. The third-order valence-corrected chi connectivity index (χ3v) is 5.60. The Morgan fingerprint density at radius 3 is 2.50 bits per heavy atom. The molecule has 4 nitrogen and oxygen atoms in total. The zero-order chi connectivity index (χ0) is 17.9. The van der Waals surface area contributed by atoms with E-state index in [0.29, 0.717) is 23.6 Å². The number of nitrogens with zero attached hydrogens (tertiary/aromatic N) is 3. The lowest BCUT2D eigenvalue weighted by molar-refractivity contribution is 0.375. The van der Waals surface area contributed by atoms with Crippen LogP contribution in [0.5, 0.6) is 0 Å². The molecule has 1 aromatic carbocycles. The highest BCUT2D eigenvalue weighted by Gasteiger charge is 2.21. The van der Waals surface area contributed by atoms with Crippen LogP contribution in [-0.4, -0.2) is 14.7 Å². The van der Waals surface area contributed by atoms with Crippen molar-refractivity contribution in [3.63, 3.8) is 0 Å². The Kier molecular flexibility index (Phi) is 4.74. The van der Waals surface area contributed by atoms with E-state index in [4.69, 9.17) is 4.52 Å². The fourth-order valence-corrected chi connectivity index (χ4v) is 3.83. The van der Waals surface area contributed by atoms with Gasteiger partial charge in [-0.3, -0.25) is 0 Å². The predicted octanol–water partition coefficient (Wildman–Crippen LogP) is 5.37. The Bertz CT molecular complexity index is 883. The van der Waals surface area contributed by atoms with Crippen LogP contribution in [0.1, 0.15) is 48.7 Å². The van der Waals surface area contributed by atoms with Gasteiger partial charge in [0.05, 0.1) is 5.69 Å². The first-order chi connectivity index (χ1) is 12.7. The minimum Gasteiger partial charge on any atom is -0.345 e. The quantitative estimate of drug-likeness (QED) is 0.637. The van der Waals surface area contributed by atoms with Gasteiger partial charge in [-0.25, -0.2) is 0 Å². The van der Waals surface area contributed by atoms with Crippen LogP contribution in [-0.2, 0) is 7.05 Å². The molecule has 0 bridgehead atoms. The van der Waals surface area contributed by atoms with Crippen LogP contribution in [0.2, 0.25) is 0 Å². The van der Waals surface area contributed by atoms with E-state index in [1.54, 1.807) is 0 Å². The number of hydrogen-bond donors (Lipinski definition) is 0. The van der Waals surface area contributed by atoms with Gasteiger partial charge in [0, 0.05) is 12.7 Å². The Labute approximate surface area is 154 Å². The van der Waals surface area contributed by atoms with Crippen LogP contribution in [0.4, 0.5) is 0 Å². The molecule has 0 aliphatic heterocycles. The highest BCUT2D eigenvalue weighted by atomic mass is 16.5. The van der Waals surface area contributed by atoms with E-state index in [2.05, 4.69) is 64.1 Å². The monoisotopic (exact) mass is 347 g/mol. The van der Waals surface area contributed by atoms with Crippen LogP contribution in [0.3, 0.4) is 0 Å². The summed E-state index contributed by atoms with van der Waals surface area (Å²) in [4.78, 5) is 4.52. The third kappa shape index (κ3) is 3.50. The van der Waals surface area contributed by atoms with Gasteiger partial charge in [-0.15, -0.1) is 0 Å². The molecule has 0 spiro atoms. The second-order valence-electron chi connectivity index (χ2n) is 7.26. The van der Waals surface area contributed by atoms with Crippen molar-refractivity contribution in [3.8, 4) is 11.5 Å². The molecule has 1 saturated carbocycles. The Hall–Kier alpha value is -2.62. The molecule has 2 heterocycles. The first-order valence-corrected chi connectivity index (χ1v) is 9.40. The highest BCUT2D eigenvalue weighted by Crippen LogP contribution is 2.36. The number of aromatic nitrogens is 3. The molecule has 0 amide bonds. The lowest BCUT2D eigenvalue weighted by Gasteiger charge is -2.26. The molecule has 4 rings (SSSR count). The van der Waals surface area contributed by atoms with Crippen molar-refractivity contribution in [3.05, 3.63) is 65.7 Å². The van der Waals surface area contributed by atoms with Gasteiger partial charge in [0.1, 0.15) is 0 Å². The van der Waals surface area contributed by atoms with E-state index in [-0.39, 0.29) is 0 Å². The van der Waals surface area contributed by atoms with Gasteiger partial charge in [-0.05, 0) is 68.2 Å². The van der Waals surface area contributed by atoms with E-state index < -0.39 is 0 Å². The Morgan fingerprint density at radius 1 is 1.04 bits per heavy atom. The van der Waals surface area contributed by atoms with Crippen molar-refractivity contribution in [2.75, 3.05) is 0 Å². The van der Waals surface area contributed by atoms with E-state index in [1.165, 1.54) is 36.9 Å².